The molecular formula is C17H25IN6O. The van der Waals surface area contributed by atoms with Crippen molar-refractivity contribution in [3.63, 3.8) is 0 Å². The van der Waals surface area contributed by atoms with Gasteiger partial charge in [0.25, 0.3) is 0 Å². The molecule has 2 heterocycles. The van der Waals surface area contributed by atoms with Gasteiger partial charge in [0.15, 0.2) is 17.6 Å². The number of halogens is 1. The molecular weight excluding hydrogens is 431 g/mol. The minimum atomic E-state index is 0. The van der Waals surface area contributed by atoms with Gasteiger partial charge < -0.3 is 15.4 Å². The number of likely N-dealkylation sites (tertiary alicyclic amines) is 1. The van der Waals surface area contributed by atoms with Gasteiger partial charge in [-0.2, -0.15) is 5.10 Å². The van der Waals surface area contributed by atoms with Crippen LogP contribution in [0.2, 0.25) is 0 Å². The van der Waals surface area contributed by atoms with Crippen molar-refractivity contribution in [2.75, 3.05) is 13.1 Å². The van der Waals surface area contributed by atoms with Crippen LogP contribution in [0.25, 0.3) is 0 Å². The molecule has 0 amide bonds. The highest BCUT2D eigenvalue weighted by Crippen LogP contribution is 2.15. The number of ether oxygens (including phenoxy) is 1. The van der Waals surface area contributed by atoms with E-state index in [2.05, 4.69) is 32.0 Å². The lowest BCUT2D eigenvalue weighted by atomic mass is 10.00. The molecule has 0 atom stereocenters. The van der Waals surface area contributed by atoms with E-state index in [1.165, 1.54) is 0 Å². The van der Waals surface area contributed by atoms with E-state index in [0.29, 0.717) is 30.8 Å². The number of aromatic amines is 1. The van der Waals surface area contributed by atoms with Gasteiger partial charge in [0.2, 0.25) is 0 Å². The molecule has 0 saturated carbocycles. The molecule has 0 unspecified atom stereocenters. The fourth-order valence-corrected chi connectivity index (χ4v) is 2.63. The Labute approximate surface area is 165 Å². The van der Waals surface area contributed by atoms with Gasteiger partial charge in [-0.25, -0.2) is 9.98 Å². The molecule has 1 fully saturated rings. The number of hydrogen-bond donors (Lipinski definition) is 2. The molecule has 0 spiro atoms. The number of benzene rings is 1. The number of hydrogen-bond acceptors (Lipinski definition) is 4. The van der Waals surface area contributed by atoms with Crippen molar-refractivity contribution >= 4 is 29.9 Å². The van der Waals surface area contributed by atoms with Crippen molar-refractivity contribution < 1.29 is 4.74 Å². The topological polar surface area (TPSA) is 92.4 Å². The molecule has 2 aromatic rings. The standard InChI is InChI=1S/C17H24N6O.HI/c1-13-7-9-23(10-8-13)17(18)19-11-15-20-16(22-21-15)12-24-14-5-3-2-4-6-14;/h2-6,13H,7-12H2,1H3,(H2,18,19)(H,20,21,22);1H. The smallest absolute Gasteiger partial charge is 0.191 e. The van der Waals surface area contributed by atoms with Crippen molar-refractivity contribution in [1.29, 1.82) is 0 Å². The lowest BCUT2D eigenvalue weighted by Gasteiger charge is -2.30. The summed E-state index contributed by atoms with van der Waals surface area (Å²) in [5.41, 5.74) is 6.07. The molecule has 7 nitrogen and oxygen atoms in total. The fourth-order valence-electron chi connectivity index (χ4n) is 2.63. The second-order valence-corrected chi connectivity index (χ2v) is 6.14. The summed E-state index contributed by atoms with van der Waals surface area (Å²) in [5.74, 6) is 3.45. The van der Waals surface area contributed by atoms with E-state index in [0.717, 1.165) is 37.6 Å². The predicted octanol–water partition coefficient (Wildman–Crippen LogP) is 2.55. The third-order valence-electron chi connectivity index (χ3n) is 4.19. The Balaban J connectivity index is 0.00000225. The van der Waals surface area contributed by atoms with Gasteiger partial charge in [0.05, 0.1) is 0 Å². The Bertz CT molecular complexity index is 667. The molecule has 0 radical (unpaired) electrons. The molecule has 8 heteroatoms. The molecule has 1 aliphatic heterocycles. The predicted molar refractivity (Wildman–Crippen MR) is 108 cm³/mol. The zero-order chi connectivity index (χ0) is 16.8. The molecule has 1 aliphatic rings. The monoisotopic (exact) mass is 456 g/mol. The molecule has 3 rings (SSSR count). The quantitative estimate of drug-likeness (QED) is 0.410. The lowest BCUT2D eigenvalue weighted by molar-refractivity contribution is 0.277. The van der Waals surface area contributed by atoms with Crippen LogP contribution in [-0.2, 0) is 13.2 Å². The minimum absolute atomic E-state index is 0. The summed E-state index contributed by atoms with van der Waals surface area (Å²) in [5, 5.41) is 7.04. The minimum Gasteiger partial charge on any atom is -0.486 e. The summed E-state index contributed by atoms with van der Waals surface area (Å²) in [6.45, 7) is 4.94. The fraction of sp³-hybridized carbons (Fsp3) is 0.471. The van der Waals surface area contributed by atoms with Gasteiger partial charge in [-0.15, -0.1) is 24.0 Å². The highest BCUT2D eigenvalue weighted by atomic mass is 127. The van der Waals surface area contributed by atoms with Crippen molar-refractivity contribution in [2.45, 2.75) is 32.9 Å². The van der Waals surface area contributed by atoms with Crippen LogP contribution in [0.1, 0.15) is 31.4 Å². The Morgan fingerprint density at radius 1 is 1.32 bits per heavy atom. The molecule has 1 aromatic carbocycles. The zero-order valence-corrected chi connectivity index (χ0v) is 16.7. The average molecular weight is 456 g/mol. The summed E-state index contributed by atoms with van der Waals surface area (Å²) in [6, 6.07) is 9.62. The highest BCUT2D eigenvalue weighted by Gasteiger charge is 2.17. The number of H-pyrrole nitrogens is 1. The summed E-state index contributed by atoms with van der Waals surface area (Å²) >= 11 is 0. The van der Waals surface area contributed by atoms with Crippen LogP contribution in [0.3, 0.4) is 0 Å². The molecule has 136 valence electrons. The first-order chi connectivity index (χ1) is 11.7. The van der Waals surface area contributed by atoms with Crippen LogP contribution in [0.15, 0.2) is 35.3 Å². The maximum Gasteiger partial charge on any atom is 0.191 e. The van der Waals surface area contributed by atoms with E-state index >= 15 is 0 Å². The summed E-state index contributed by atoms with van der Waals surface area (Å²) in [6.07, 6.45) is 2.33. The third-order valence-corrected chi connectivity index (χ3v) is 4.19. The molecule has 1 aromatic heterocycles. The van der Waals surface area contributed by atoms with Crippen molar-refractivity contribution in [3.8, 4) is 5.75 Å². The van der Waals surface area contributed by atoms with E-state index in [-0.39, 0.29) is 24.0 Å². The van der Waals surface area contributed by atoms with Crippen molar-refractivity contribution in [1.82, 2.24) is 20.1 Å². The Morgan fingerprint density at radius 3 is 2.76 bits per heavy atom. The Hall–Kier alpha value is -1.84. The summed E-state index contributed by atoms with van der Waals surface area (Å²) < 4.78 is 5.63. The van der Waals surface area contributed by atoms with Crippen LogP contribution in [0, 0.1) is 5.92 Å². The van der Waals surface area contributed by atoms with Gasteiger partial charge >= 0.3 is 0 Å². The number of nitrogens with one attached hydrogen (secondary N) is 1. The van der Waals surface area contributed by atoms with Crippen molar-refractivity contribution in [2.24, 2.45) is 16.6 Å². The van der Waals surface area contributed by atoms with Crippen LogP contribution in [-0.4, -0.2) is 39.1 Å². The third kappa shape index (κ3) is 5.87. The molecule has 3 N–H and O–H groups in total. The van der Waals surface area contributed by atoms with Crippen LogP contribution in [0.4, 0.5) is 0 Å². The normalized spacial score (nSPS) is 15.7. The lowest BCUT2D eigenvalue weighted by Crippen LogP contribution is -2.42. The second-order valence-electron chi connectivity index (χ2n) is 6.14. The van der Waals surface area contributed by atoms with Gasteiger partial charge in [-0.05, 0) is 30.9 Å². The van der Waals surface area contributed by atoms with E-state index < -0.39 is 0 Å². The number of para-hydroxylation sites is 1. The largest absolute Gasteiger partial charge is 0.486 e. The maximum atomic E-state index is 6.07. The highest BCUT2D eigenvalue weighted by molar-refractivity contribution is 14.0. The second kappa shape index (κ2) is 9.59. The summed E-state index contributed by atoms with van der Waals surface area (Å²) in [4.78, 5) is 10.9. The van der Waals surface area contributed by atoms with E-state index in [1.54, 1.807) is 0 Å². The maximum absolute atomic E-state index is 6.07. The molecule has 25 heavy (non-hydrogen) atoms. The van der Waals surface area contributed by atoms with Crippen molar-refractivity contribution in [3.05, 3.63) is 42.0 Å². The van der Waals surface area contributed by atoms with Crippen LogP contribution >= 0.6 is 24.0 Å². The number of nitrogens with zero attached hydrogens (tertiary/aromatic N) is 4. The molecule has 0 bridgehead atoms. The number of rotatable bonds is 5. The SMILES string of the molecule is CC1CCN(C(N)=NCc2n[nH]c(COc3ccccc3)n2)CC1.I. The molecule has 0 aliphatic carbocycles. The molecule has 1 saturated heterocycles. The number of guanidine groups is 1. The van der Waals surface area contributed by atoms with Gasteiger partial charge in [-0.1, -0.05) is 25.1 Å². The first-order valence-corrected chi connectivity index (χ1v) is 8.33. The van der Waals surface area contributed by atoms with Gasteiger partial charge in [0.1, 0.15) is 18.9 Å². The summed E-state index contributed by atoms with van der Waals surface area (Å²) in [7, 11) is 0. The Morgan fingerprint density at radius 2 is 2.04 bits per heavy atom. The van der Waals surface area contributed by atoms with E-state index in [9.17, 15) is 0 Å². The van der Waals surface area contributed by atoms with Gasteiger partial charge in [-0.3, -0.25) is 5.10 Å². The average Bonchev–Trinajstić information content (AvgIpc) is 3.07. The Kier molecular flexibility index (Phi) is 7.48. The van der Waals surface area contributed by atoms with Crippen LogP contribution in [0.5, 0.6) is 5.75 Å². The number of piperidine rings is 1. The van der Waals surface area contributed by atoms with E-state index in [1.807, 2.05) is 30.3 Å². The van der Waals surface area contributed by atoms with E-state index in [4.69, 9.17) is 10.5 Å². The first-order valence-electron chi connectivity index (χ1n) is 8.33. The number of nitrogens with two attached hydrogens (primary N) is 1. The number of aliphatic imine (C=N–C) groups is 1. The number of aromatic nitrogens is 3. The zero-order valence-electron chi connectivity index (χ0n) is 14.4. The van der Waals surface area contributed by atoms with Gasteiger partial charge in [0, 0.05) is 13.1 Å². The van der Waals surface area contributed by atoms with Crippen LogP contribution < -0.4 is 10.5 Å². The first kappa shape index (κ1) is 19.5.